The van der Waals surface area contributed by atoms with Gasteiger partial charge in [-0.25, -0.2) is 0 Å². The number of benzene rings is 2. The summed E-state index contributed by atoms with van der Waals surface area (Å²) in [6.45, 7) is 10.6. The van der Waals surface area contributed by atoms with Gasteiger partial charge >= 0.3 is 0 Å². The molecule has 6 heteroatoms. The average molecular weight is 412 g/mol. The van der Waals surface area contributed by atoms with Crippen molar-refractivity contribution >= 4 is 16.7 Å². The van der Waals surface area contributed by atoms with Crippen LogP contribution in [0.1, 0.15) is 13.3 Å². The number of nitrogens with one attached hydrogen (secondary N) is 2. The van der Waals surface area contributed by atoms with Crippen LogP contribution in [0, 0.1) is 5.92 Å². The number of aliphatic imine (C=N–C) groups is 1. The van der Waals surface area contributed by atoms with Crippen molar-refractivity contribution in [2.24, 2.45) is 10.9 Å². The highest BCUT2D eigenvalue weighted by molar-refractivity contribution is 5.83. The molecule has 0 aliphatic carbocycles. The highest BCUT2D eigenvalue weighted by Gasteiger charge is 2.16. The van der Waals surface area contributed by atoms with Gasteiger partial charge in [0.15, 0.2) is 5.96 Å². The van der Waals surface area contributed by atoms with Gasteiger partial charge in [0.05, 0.1) is 6.61 Å². The van der Waals surface area contributed by atoms with Crippen LogP contribution < -0.4 is 15.4 Å². The van der Waals surface area contributed by atoms with Crippen molar-refractivity contribution in [1.29, 1.82) is 0 Å². The second-order valence-corrected chi connectivity index (χ2v) is 8.30. The van der Waals surface area contributed by atoms with Crippen molar-refractivity contribution in [2.45, 2.75) is 13.3 Å². The first kappa shape index (κ1) is 22.4. The third-order valence-electron chi connectivity index (χ3n) is 5.61. The number of guanidine groups is 1. The maximum Gasteiger partial charge on any atom is 0.190 e. The first-order valence-electron chi connectivity index (χ1n) is 11.1. The van der Waals surface area contributed by atoms with Crippen molar-refractivity contribution in [1.82, 2.24) is 20.4 Å². The van der Waals surface area contributed by atoms with Gasteiger partial charge in [0.1, 0.15) is 5.75 Å². The normalized spacial score (nSPS) is 17.1. The van der Waals surface area contributed by atoms with Gasteiger partial charge in [-0.15, -0.1) is 0 Å². The van der Waals surface area contributed by atoms with Gasteiger partial charge in [-0.1, -0.05) is 37.3 Å². The van der Waals surface area contributed by atoms with Crippen molar-refractivity contribution in [2.75, 3.05) is 66.5 Å². The smallest absolute Gasteiger partial charge is 0.190 e. The van der Waals surface area contributed by atoms with E-state index in [0.717, 1.165) is 37.8 Å². The largest absolute Gasteiger partial charge is 0.494 e. The SMILES string of the molecule is CN=C(NCCCOc1ccc2ccccc2c1)NCC(C)CN1CCN(C)CC1. The molecule has 0 aromatic heterocycles. The first-order valence-corrected chi connectivity index (χ1v) is 11.1. The van der Waals surface area contributed by atoms with E-state index in [1.165, 1.54) is 37.0 Å². The monoisotopic (exact) mass is 411 g/mol. The minimum absolute atomic E-state index is 0.586. The van der Waals surface area contributed by atoms with Gasteiger partial charge in [-0.05, 0) is 42.3 Å². The number of piperazine rings is 1. The summed E-state index contributed by atoms with van der Waals surface area (Å²) in [6.07, 6.45) is 0.921. The Kier molecular flexibility index (Phi) is 8.78. The lowest BCUT2D eigenvalue weighted by Crippen LogP contribution is -2.47. The van der Waals surface area contributed by atoms with Crippen LogP contribution in [-0.2, 0) is 0 Å². The standard InChI is InChI=1S/C24H37N5O/c1-20(19-29-14-12-28(3)13-15-29)18-27-24(25-2)26-11-6-16-30-23-10-9-21-7-4-5-8-22(21)17-23/h4-5,7-10,17,20H,6,11-16,18-19H2,1-3H3,(H2,25,26,27). The van der Waals surface area contributed by atoms with Crippen LogP contribution in [0.2, 0.25) is 0 Å². The molecule has 30 heavy (non-hydrogen) atoms. The Morgan fingerprint density at radius 2 is 1.83 bits per heavy atom. The van der Waals surface area contributed by atoms with E-state index in [1.807, 2.05) is 13.1 Å². The lowest BCUT2D eigenvalue weighted by atomic mass is 10.1. The molecular formula is C24H37N5O. The van der Waals surface area contributed by atoms with Crippen LogP contribution in [0.25, 0.3) is 10.8 Å². The number of fused-ring (bicyclic) bond motifs is 1. The summed E-state index contributed by atoms with van der Waals surface area (Å²) in [5.74, 6) is 2.38. The molecule has 0 bridgehead atoms. The molecule has 164 valence electrons. The van der Waals surface area contributed by atoms with E-state index in [4.69, 9.17) is 4.74 Å². The molecule has 0 spiro atoms. The van der Waals surface area contributed by atoms with E-state index in [2.05, 4.69) is 75.8 Å². The number of rotatable bonds is 9. The topological polar surface area (TPSA) is 52.1 Å². The summed E-state index contributed by atoms with van der Waals surface area (Å²) in [5, 5.41) is 9.30. The zero-order valence-electron chi connectivity index (χ0n) is 18.7. The molecule has 1 aliphatic rings. The number of ether oxygens (including phenoxy) is 1. The molecule has 1 atom stereocenters. The summed E-state index contributed by atoms with van der Waals surface area (Å²) >= 11 is 0. The van der Waals surface area contributed by atoms with Crippen LogP contribution in [-0.4, -0.2) is 82.3 Å². The Hall–Kier alpha value is -2.31. The summed E-state index contributed by atoms with van der Waals surface area (Å²) in [6, 6.07) is 14.6. The first-order chi connectivity index (χ1) is 14.6. The second-order valence-electron chi connectivity index (χ2n) is 8.30. The number of hydrogen-bond donors (Lipinski definition) is 2. The number of nitrogens with zero attached hydrogens (tertiary/aromatic N) is 3. The third kappa shape index (κ3) is 7.18. The maximum absolute atomic E-state index is 5.91. The van der Waals surface area contributed by atoms with Gasteiger partial charge in [0.2, 0.25) is 0 Å². The Morgan fingerprint density at radius 3 is 2.60 bits per heavy atom. The van der Waals surface area contributed by atoms with Crippen molar-refractivity contribution in [3.63, 3.8) is 0 Å². The Labute approximate surface area is 181 Å². The lowest BCUT2D eigenvalue weighted by molar-refractivity contribution is 0.139. The molecule has 2 N–H and O–H groups in total. The minimum Gasteiger partial charge on any atom is -0.494 e. The van der Waals surface area contributed by atoms with E-state index in [1.54, 1.807) is 0 Å². The van der Waals surface area contributed by atoms with Gasteiger partial charge in [-0.2, -0.15) is 0 Å². The predicted octanol–water partition coefficient (Wildman–Crippen LogP) is 2.66. The van der Waals surface area contributed by atoms with Crippen molar-refractivity contribution in [3.05, 3.63) is 42.5 Å². The van der Waals surface area contributed by atoms with Crippen LogP contribution in [0.5, 0.6) is 5.75 Å². The Morgan fingerprint density at radius 1 is 1.07 bits per heavy atom. The fourth-order valence-corrected chi connectivity index (χ4v) is 3.75. The van der Waals surface area contributed by atoms with Crippen LogP contribution >= 0.6 is 0 Å². The molecule has 0 saturated carbocycles. The van der Waals surface area contributed by atoms with E-state index in [9.17, 15) is 0 Å². The molecule has 2 aromatic carbocycles. The zero-order chi connectivity index (χ0) is 21.2. The van der Waals surface area contributed by atoms with E-state index in [0.29, 0.717) is 12.5 Å². The molecule has 6 nitrogen and oxygen atoms in total. The molecular weight excluding hydrogens is 374 g/mol. The van der Waals surface area contributed by atoms with Crippen LogP contribution in [0.4, 0.5) is 0 Å². The van der Waals surface area contributed by atoms with Gasteiger partial charge in [-0.3, -0.25) is 4.99 Å². The molecule has 1 unspecified atom stereocenters. The highest BCUT2D eigenvalue weighted by atomic mass is 16.5. The van der Waals surface area contributed by atoms with Crippen molar-refractivity contribution in [3.8, 4) is 5.75 Å². The lowest BCUT2D eigenvalue weighted by Gasteiger charge is -2.34. The summed E-state index contributed by atoms with van der Waals surface area (Å²) in [7, 11) is 4.02. The summed E-state index contributed by atoms with van der Waals surface area (Å²) in [5.41, 5.74) is 0. The predicted molar refractivity (Wildman–Crippen MR) is 127 cm³/mol. The molecule has 3 rings (SSSR count). The maximum atomic E-state index is 5.91. The Balaban J connectivity index is 1.29. The summed E-state index contributed by atoms with van der Waals surface area (Å²) in [4.78, 5) is 9.30. The van der Waals surface area contributed by atoms with E-state index < -0.39 is 0 Å². The third-order valence-corrected chi connectivity index (χ3v) is 5.61. The molecule has 0 radical (unpaired) electrons. The van der Waals surface area contributed by atoms with Crippen LogP contribution in [0.15, 0.2) is 47.5 Å². The highest BCUT2D eigenvalue weighted by Crippen LogP contribution is 2.20. The number of hydrogen-bond acceptors (Lipinski definition) is 4. The molecule has 1 fully saturated rings. The molecule has 1 saturated heterocycles. The fourth-order valence-electron chi connectivity index (χ4n) is 3.75. The fraction of sp³-hybridized carbons (Fsp3) is 0.542. The van der Waals surface area contributed by atoms with Crippen LogP contribution in [0.3, 0.4) is 0 Å². The molecule has 1 aliphatic heterocycles. The van der Waals surface area contributed by atoms with E-state index >= 15 is 0 Å². The second kappa shape index (κ2) is 11.8. The molecule has 1 heterocycles. The van der Waals surface area contributed by atoms with Crippen molar-refractivity contribution < 1.29 is 4.74 Å². The van der Waals surface area contributed by atoms with Gasteiger partial charge < -0.3 is 25.2 Å². The molecule has 2 aromatic rings. The number of likely N-dealkylation sites (N-methyl/N-ethyl adjacent to an activating group) is 1. The minimum atomic E-state index is 0.586. The zero-order valence-corrected chi connectivity index (χ0v) is 18.7. The quantitative estimate of drug-likeness (QED) is 0.377. The molecule has 0 amide bonds. The van der Waals surface area contributed by atoms with Gasteiger partial charge in [0.25, 0.3) is 0 Å². The Bertz CT molecular complexity index is 801. The van der Waals surface area contributed by atoms with Gasteiger partial charge in [0, 0.05) is 52.9 Å². The summed E-state index contributed by atoms with van der Waals surface area (Å²) < 4.78 is 5.91. The average Bonchev–Trinajstić information content (AvgIpc) is 2.77. The van der Waals surface area contributed by atoms with E-state index in [-0.39, 0.29) is 0 Å².